The predicted octanol–water partition coefficient (Wildman–Crippen LogP) is 2.96. The van der Waals surface area contributed by atoms with Gasteiger partial charge in [0.25, 0.3) is 0 Å². The number of hydrogen-bond donors (Lipinski definition) is 2. The van der Waals surface area contributed by atoms with E-state index >= 15 is 0 Å². The first-order valence-electron chi connectivity index (χ1n) is 11.7. The van der Waals surface area contributed by atoms with Crippen molar-refractivity contribution in [3.05, 3.63) is 29.5 Å². The van der Waals surface area contributed by atoms with Crippen molar-refractivity contribution in [3.8, 4) is 11.5 Å². The summed E-state index contributed by atoms with van der Waals surface area (Å²) in [6.07, 6.45) is -5.06. The van der Waals surface area contributed by atoms with Gasteiger partial charge in [-0.2, -0.15) is 27.1 Å². The predicted molar refractivity (Wildman–Crippen MR) is 127 cm³/mol. The molecular weight excluding hydrogens is 529 g/mol. The standard InChI is InChI=1S/C22H22F5N11O/c1-9(2)38-8-11(35-36-38)20(3)13-15(28)32-17(33-16(13)34-19(20)39)14-10-7-29-37(4)18(10)31-12(30-14)5-6-21(23,24)22(25,26)27/h7-9H,5-6H2,1-4H3,(H3,28,32,33,34,39). The number of hydrogen-bond acceptors (Lipinski definition) is 9. The molecule has 39 heavy (non-hydrogen) atoms. The highest BCUT2D eigenvalue weighted by Gasteiger charge is 2.56. The lowest BCUT2D eigenvalue weighted by Gasteiger charge is -2.20. The maximum Gasteiger partial charge on any atom is 0.453 e. The summed E-state index contributed by atoms with van der Waals surface area (Å²) in [5.74, 6) is -5.83. The van der Waals surface area contributed by atoms with Crippen LogP contribution in [0, 0.1) is 0 Å². The van der Waals surface area contributed by atoms with Crippen molar-refractivity contribution in [2.75, 3.05) is 11.1 Å². The molecule has 12 nitrogen and oxygen atoms in total. The monoisotopic (exact) mass is 551 g/mol. The van der Waals surface area contributed by atoms with Gasteiger partial charge in [-0.05, 0) is 20.8 Å². The largest absolute Gasteiger partial charge is 0.453 e. The lowest BCUT2D eigenvalue weighted by molar-refractivity contribution is -0.284. The highest BCUT2D eigenvalue weighted by atomic mass is 19.4. The molecule has 1 unspecified atom stereocenters. The number of nitrogens with zero attached hydrogens (tertiary/aromatic N) is 9. The fraction of sp³-hybridized carbons (Fsp3) is 0.455. The lowest BCUT2D eigenvalue weighted by atomic mass is 9.81. The van der Waals surface area contributed by atoms with Gasteiger partial charge in [-0.1, -0.05) is 5.21 Å². The average molecular weight is 551 g/mol. The second kappa shape index (κ2) is 8.60. The van der Waals surface area contributed by atoms with Crippen LogP contribution >= 0.6 is 0 Å². The SMILES string of the molecule is CC(C)n1cc(C2(C)C(=O)Nc3nc(-c4nc(CCC(F)(F)C(F)(F)F)nc5c4cnn5C)nc(N)c32)nn1. The van der Waals surface area contributed by atoms with Crippen molar-refractivity contribution in [1.29, 1.82) is 0 Å². The Morgan fingerprint density at radius 2 is 1.85 bits per heavy atom. The van der Waals surface area contributed by atoms with Crippen LogP contribution in [0.4, 0.5) is 33.6 Å². The summed E-state index contributed by atoms with van der Waals surface area (Å²) in [6, 6.07) is -0.0142. The number of alkyl halides is 5. The van der Waals surface area contributed by atoms with Crippen molar-refractivity contribution >= 4 is 28.6 Å². The highest BCUT2D eigenvalue weighted by molar-refractivity contribution is 6.09. The van der Waals surface area contributed by atoms with Gasteiger partial charge >= 0.3 is 12.1 Å². The number of aryl methyl sites for hydroxylation is 2. The first kappa shape index (κ1) is 26.3. The molecule has 0 radical (unpaired) electrons. The first-order chi connectivity index (χ1) is 18.1. The number of anilines is 2. The van der Waals surface area contributed by atoms with E-state index < -0.39 is 36.3 Å². The summed E-state index contributed by atoms with van der Waals surface area (Å²) in [7, 11) is 1.51. The number of carbonyl (C=O) groups is 1. The molecule has 5 rings (SSSR count). The molecule has 0 aliphatic carbocycles. The minimum Gasteiger partial charge on any atom is -0.383 e. The van der Waals surface area contributed by atoms with E-state index in [4.69, 9.17) is 5.73 Å². The second-order valence-electron chi connectivity index (χ2n) is 9.61. The molecule has 5 heterocycles. The molecule has 0 fully saturated rings. The lowest BCUT2D eigenvalue weighted by Crippen LogP contribution is -2.36. The molecule has 0 saturated heterocycles. The van der Waals surface area contributed by atoms with Gasteiger partial charge in [0.1, 0.15) is 34.3 Å². The number of amides is 1. The Morgan fingerprint density at radius 1 is 1.13 bits per heavy atom. The second-order valence-corrected chi connectivity index (χ2v) is 9.61. The van der Waals surface area contributed by atoms with Gasteiger partial charge < -0.3 is 11.1 Å². The molecule has 4 aromatic heterocycles. The summed E-state index contributed by atoms with van der Waals surface area (Å²) in [5, 5.41) is 15.2. The van der Waals surface area contributed by atoms with E-state index in [-0.39, 0.29) is 46.2 Å². The summed E-state index contributed by atoms with van der Waals surface area (Å²) in [5.41, 5.74) is 5.69. The molecule has 0 bridgehead atoms. The Bertz CT molecular complexity index is 1610. The van der Waals surface area contributed by atoms with Crippen molar-refractivity contribution in [1.82, 2.24) is 44.7 Å². The van der Waals surface area contributed by atoms with Gasteiger partial charge in [0, 0.05) is 25.9 Å². The molecule has 4 aromatic rings. The van der Waals surface area contributed by atoms with Gasteiger partial charge in [0.15, 0.2) is 11.5 Å². The maximum atomic E-state index is 13.6. The van der Waals surface area contributed by atoms with Crippen LogP contribution in [0.3, 0.4) is 0 Å². The first-order valence-corrected chi connectivity index (χ1v) is 11.7. The van der Waals surface area contributed by atoms with Crippen LogP contribution in [0.1, 0.15) is 50.3 Å². The highest BCUT2D eigenvalue weighted by Crippen LogP contribution is 2.44. The fourth-order valence-electron chi connectivity index (χ4n) is 4.28. The van der Waals surface area contributed by atoms with Gasteiger partial charge in [0.2, 0.25) is 5.91 Å². The van der Waals surface area contributed by atoms with Gasteiger partial charge in [-0.3, -0.25) is 9.48 Å². The zero-order valence-corrected chi connectivity index (χ0v) is 21.0. The zero-order chi connectivity index (χ0) is 28.5. The normalized spacial score (nSPS) is 17.7. The van der Waals surface area contributed by atoms with Crippen LogP contribution < -0.4 is 11.1 Å². The third-order valence-corrected chi connectivity index (χ3v) is 6.60. The number of aromatic nitrogens is 9. The van der Waals surface area contributed by atoms with Gasteiger partial charge in [-0.25, -0.2) is 24.6 Å². The van der Waals surface area contributed by atoms with Crippen LogP contribution in [-0.4, -0.2) is 62.7 Å². The number of nitrogens with two attached hydrogens (primary N) is 1. The molecule has 0 spiro atoms. The fourth-order valence-corrected chi connectivity index (χ4v) is 4.28. The van der Waals surface area contributed by atoms with Crippen molar-refractivity contribution in [2.45, 2.75) is 57.2 Å². The zero-order valence-electron chi connectivity index (χ0n) is 21.0. The smallest absolute Gasteiger partial charge is 0.383 e. The summed E-state index contributed by atoms with van der Waals surface area (Å²) >= 11 is 0. The topological polar surface area (TPSA) is 155 Å². The molecule has 0 saturated carbocycles. The number of carbonyl (C=O) groups excluding carboxylic acids is 1. The number of halogens is 5. The summed E-state index contributed by atoms with van der Waals surface area (Å²) in [4.78, 5) is 30.2. The number of nitrogen functional groups attached to an aromatic ring is 1. The van der Waals surface area contributed by atoms with E-state index in [9.17, 15) is 26.7 Å². The Kier molecular flexibility index (Phi) is 5.80. The van der Waals surface area contributed by atoms with E-state index in [0.717, 1.165) is 0 Å². The summed E-state index contributed by atoms with van der Waals surface area (Å²) < 4.78 is 68.1. The van der Waals surface area contributed by atoms with Crippen LogP contribution in [0.15, 0.2) is 12.4 Å². The summed E-state index contributed by atoms with van der Waals surface area (Å²) in [6.45, 7) is 5.39. The third-order valence-electron chi connectivity index (χ3n) is 6.60. The van der Waals surface area contributed by atoms with Crippen LogP contribution in [0.5, 0.6) is 0 Å². The van der Waals surface area contributed by atoms with E-state index in [1.807, 2.05) is 13.8 Å². The molecule has 1 amide bonds. The minimum absolute atomic E-state index is 0.00142. The Balaban J connectivity index is 1.60. The van der Waals surface area contributed by atoms with Crippen molar-refractivity contribution < 1.29 is 26.7 Å². The quantitative estimate of drug-likeness (QED) is 0.344. The number of nitrogens with one attached hydrogen (secondary N) is 1. The third kappa shape index (κ3) is 4.11. The molecule has 1 aliphatic heterocycles. The maximum absolute atomic E-state index is 13.6. The Morgan fingerprint density at radius 3 is 2.49 bits per heavy atom. The molecule has 17 heteroatoms. The minimum atomic E-state index is -5.71. The molecular formula is C22H22F5N11O. The molecule has 1 atom stereocenters. The van der Waals surface area contributed by atoms with Crippen molar-refractivity contribution in [3.63, 3.8) is 0 Å². The Labute approximate surface area is 216 Å². The van der Waals surface area contributed by atoms with Crippen LogP contribution in [-0.2, 0) is 23.7 Å². The van der Waals surface area contributed by atoms with Gasteiger partial charge in [-0.15, -0.1) is 5.10 Å². The average Bonchev–Trinajstić information content (AvgIpc) is 3.54. The van der Waals surface area contributed by atoms with Crippen LogP contribution in [0.2, 0.25) is 0 Å². The molecule has 3 N–H and O–H groups in total. The van der Waals surface area contributed by atoms with E-state index in [2.05, 4.69) is 40.7 Å². The molecule has 206 valence electrons. The number of rotatable bonds is 6. The van der Waals surface area contributed by atoms with Crippen molar-refractivity contribution in [2.24, 2.45) is 7.05 Å². The van der Waals surface area contributed by atoms with Crippen LogP contribution in [0.25, 0.3) is 22.6 Å². The Hall–Kier alpha value is -4.31. The number of fused-ring (bicyclic) bond motifs is 2. The molecule has 0 aromatic carbocycles. The van der Waals surface area contributed by atoms with E-state index in [0.29, 0.717) is 11.1 Å². The molecule has 1 aliphatic rings. The van der Waals surface area contributed by atoms with E-state index in [1.165, 1.54) is 17.9 Å². The van der Waals surface area contributed by atoms with E-state index in [1.54, 1.807) is 17.8 Å². The van der Waals surface area contributed by atoms with Gasteiger partial charge in [0.05, 0.1) is 23.3 Å².